The van der Waals surface area contributed by atoms with Crippen LogP contribution in [-0.2, 0) is 9.59 Å². The number of methoxy groups -OCH3 is 1. The first kappa shape index (κ1) is 19.2. The van der Waals surface area contributed by atoms with Crippen molar-refractivity contribution in [2.45, 2.75) is 6.42 Å². The van der Waals surface area contributed by atoms with Crippen LogP contribution in [0.1, 0.15) is 17.5 Å². The third-order valence-corrected chi connectivity index (χ3v) is 4.04. The number of fused-ring (bicyclic) bond motifs is 1. The fourth-order valence-corrected chi connectivity index (χ4v) is 2.63. The van der Waals surface area contributed by atoms with E-state index in [0.29, 0.717) is 36.0 Å². The summed E-state index contributed by atoms with van der Waals surface area (Å²) >= 11 is 0. The number of ether oxygens (including phenoxy) is 3. The Morgan fingerprint density at radius 2 is 1.57 bits per heavy atom. The summed E-state index contributed by atoms with van der Waals surface area (Å²) in [5.74, 6) is 1.04. The van der Waals surface area contributed by atoms with Gasteiger partial charge >= 0.3 is 0 Å². The molecule has 28 heavy (non-hydrogen) atoms. The highest BCUT2D eigenvalue weighted by Crippen LogP contribution is 2.31. The number of rotatable bonds is 7. The van der Waals surface area contributed by atoms with E-state index in [9.17, 15) is 14.7 Å². The third kappa shape index (κ3) is 5.01. The number of phenolic OH excluding ortho intramolecular Hbond substituents is 1. The number of benzene rings is 2. The summed E-state index contributed by atoms with van der Waals surface area (Å²) in [5.41, 5.74) is 1.47. The summed E-state index contributed by atoms with van der Waals surface area (Å²) in [7, 11) is 1.44. The van der Waals surface area contributed by atoms with E-state index in [2.05, 4.69) is 0 Å². The quantitative estimate of drug-likeness (QED) is 0.585. The number of carbonyl (C=O) groups excluding carboxylic acids is 2. The van der Waals surface area contributed by atoms with Gasteiger partial charge in [-0.05, 0) is 47.5 Å². The normalized spacial score (nSPS) is 13.0. The predicted octanol–water partition coefficient (Wildman–Crippen LogP) is 3.43. The number of aromatic hydroxyl groups is 1. The number of carbonyl (C=O) groups is 2. The molecule has 6 nitrogen and oxygen atoms in total. The number of hydrogen-bond donors (Lipinski definition) is 1. The molecule has 0 atom stereocenters. The second kappa shape index (κ2) is 8.90. The minimum absolute atomic E-state index is 0.0189. The number of phenols is 1. The lowest BCUT2D eigenvalue weighted by Crippen LogP contribution is -2.15. The van der Waals surface area contributed by atoms with Crippen LogP contribution in [0.2, 0.25) is 0 Å². The van der Waals surface area contributed by atoms with Gasteiger partial charge in [0, 0.05) is 0 Å². The Balaban J connectivity index is 1.57. The maximum Gasteiger partial charge on any atom is 0.163 e. The Morgan fingerprint density at radius 3 is 2.25 bits per heavy atom. The van der Waals surface area contributed by atoms with Gasteiger partial charge < -0.3 is 19.3 Å². The fourth-order valence-electron chi connectivity index (χ4n) is 2.63. The van der Waals surface area contributed by atoms with Gasteiger partial charge in [-0.25, -0.2) is 0 Å². The van der Waals surface area contributed by atoms with Crippen LogP contribution in [0.25, 0.3) is 12.2 Å². The predicted molar refractivity (Wildman–Crippen MR) is 105 cm³/mol. The van der Waals surface area contributed by atoms with Gasteiger partial charge in [-0.2, -0.15) is 0 Å². The summed E-state index contributed by atoms with van der Waals surface area (Å²) < 4.78 is 16.0. The lowest BCUT2D eigenvalue weighted by Gasteiger charge is -2.18. The molecule has 0 aliphatic carbocycles. The molecular weight excluding hydrogens is 360 g/mol. The summed E-state index contributed by atoms with van der Waals surface area (Å²) in [5, 5.41) is 9.57. The SMILES string of the molecule is COc1cc(/C=C/C(=O)CC(=O)/C=C/c2ccc3c(c2)OCCO3)ccc1O. The van der Waals surface area contributed by atoms with Crippen molar-refractivity contribution in [1.29, 1.82) is 0 Å². The monoisotopic (exact) mass is 380 g/mol. The zero-order valence-corrected chi connectivity index (χ0v) is 15.4. The molecule has 1 aliphatic rings. The molecule has 0 unspecified atom stereocenters. The van der Waals surface area contributed by atoms with Gasteiger partial charge in [-0.3, -0.25) is 9.59 Å². The Hall–Kier alpha value is -3.54. The van der Waals surface area contributed by atoms with Gasteiger partial charge in [0.05, 0.1) is 13.5 Å². The van der Waals surface area contributed by atoms with Crippen LogP contribution in [0.3, 0.4) is 0 Å². The van der Waals surface area contributed by atoms with Crippen LogP contribution in [0.4, 0.5) is 0 Å². The van der Waals surface area contributed by atoms with Crippen molar-refractivity contribution in [3.63, 3.8) is 0 Å². The van der Waals surface area contributed by atoms with E-state index < -0.39 is 0 Å². The van der Waals surface area contributed by atoms with Crippen molar-refractivity contribution < 1.29 is 28.9 Å². The van der Waals surface area contributed by atoms with E-state index in [-0.39, 0.29) is 23.7 Å². The number of ketones is 2. The highest BCUT2D eigenvalue weighted by molar-refractivity contribution is 6.10. The summed E-state index contributed by atoms with van der Waals surface area (Å²) in [6.07, 6.45) is 5.69. The second-order valence-corrected chi connectivity index (χ2v) is 6.11. The van der Waals surface area contributed by atoms with Crippen molar-refractivity contribution in [2.24, 2.45) is 0 Å². The van der Waals surface area contributed by atoms with Crippen molar-refractivity contribution in [3.8, 4) is 23.0 Å². The topological polar surface area (TPSA) is 82.1 Å². The van der Waals surface area contributed by atoms with E-state index in [1.807, 2.05) is 6.07 Å². The zero-order chi connectivity index (χ0) is 19.9. The first-order valence-electron chi connectivity index (χ1n) is 8.73. The average Bonchev–Trinajstić information content (AvgIpc) is 2.71. The van der Waals surface area contributed by atoms with Crippen molar-refractivity contribution in [3.05, 3.63) is 59.7 Å². The highest BCUT2D eigenvalue weighted by Gasteiger charge is 2.11. The molecule has 1 heterocycles. The van der Waals surface area contributed by atoms with Crippen molar-refractivity contribution >= 4 is 23.7 Å². The lowest BCUT2D eigenvalue weighted by atomic mass is 10.1. The maximum absolute atomic E-state index is 12.0. The molecule has 0 aromatic heterocycles. The third-order valence-electron chi connectivity index (χ3n) is 4.04. The summed E-state index contributed by atoms with van der Waals surface area (Å²) in [6, 6.07) is 10.1. The van der Waals surface area contributed by atoms with Crippen LogP contribution in [-0.4, -0.2) is 37.0 Å². The van der Waals surface area contributed by atoms with Crippen LogP contribution in [0, 0.1) is 0 Å². The van der Waals surface area contributed by atoms with Crippen LogP contribution >= 0.6 is 0 Å². The van der Waals surface area contributed by atoms with Gasteiger partial charge in [-0.1, -0.05) is 24.3 Å². The van der Waals surface area contributed by atoms with Crippen LogP contribution in [0.5, 0.6) is 23.0 Å². The largest absolute Gasteiger partial charge is 0.504 e. The van der Waals surface area contributed by atoms with Gasteiger partial charge in [0.1, 0.15) is 13.2 Å². The van der Waals surface area contributed by atoms with E-state index in [1.165, 1.54) is 25.3 Å². The van der Waals surface area contributed by atoms with E-state index >= 15 is 0 Å². The minimum atomic E-state index is -0.316. The van der Waals surface area contributed by atoms with Gasteiger partial charge in [0.15, 0.2) is 34.6 Å². The van der Waals surface area contributed by atoms with Crippen LogP contribution in [0.15, 0.2) is 48.6 Å². The molecule has 144 valence electrons. The number of hydrogen-bond acceptors (Lipinski definition) is 6. The van der Waals surface area contributed by atoms with E-state index in [0.717, 1.165) is 5.56 Å². The summed E-state index contributed by atoms with van der Waals surface area (Å²) in [6.45, 7) is 1.01. The van der Waals surface area contributed by atoms with E-state index in [4.69, 9.17) is 14.2 Å². The van der Waals surface area contributed by atoms with Gasteiger partial charge in [0.2, 0.25) is 0 Å². The molecule has 0 bridgehead atoms. The lowest BCUT2D eigenvalue weighted by molar-refractivity contribution is -0.121. The molecule has 0 radical (unpaired) electrons. The van der Waals surface area contributed by atoms with Gasteiger partial charge in [-0.15, -0.1) is 0 Å². The molecule has 3 rings (SSSR count). The van der Waals surface area contributed by atoms with Crippen molar-refractivity contribution in [2.75, 3.05) is 20.3 Å². The molecule has 2 aromatic carbocycles. The maximum atomic E-state index is 12.0. The fraction of sp³-hybridized carbons (Fsp3) is 0.182. The Kier molecular flexibility index (Phi) is 6.11. The molecular formula is C22H20O6. The molecule has 1 N–H and O–H groups in total. The highest BCUT2D eigenvalue weighted by atomic mass is 16.6. The molecule has 0 amide bonds. The van der Waals surface area contributed by atoms with E-state index in [1.54, 1.807) is 36.4 Å². The van der Waals surface area contributed by atoms with Crippen molar-refractivity contribution in [1.82, 2.24) is 0 Å². The summed E-state index contributed by atoms with van der Waals surface area (Å²) in [4.78, 5) is 24.0. The molecule has 0 spiro atoms. The Labute approximate surface area is 162 Å². The molecule has 2 aromatic rings. The molecule has 0 saturated heterocycles. The average molecular weight is 380 g/mol. The molecule has 1 aliphatic heterocycles. The first-order valence-corrected chi connectivity index (χ1v) is 8.73. The Morgan fingerprint density at radius 1 is 0.964 bits per heavy atom. The standard InChI is InChI=1S/C22H20O6/c1-26-21-12-15(4-8-19(21)25)2-6-17(23)14-18(24)7-3-16-5-9-20-22(13-16)28-11-10-27-20/h2-9,12-13,25H,10-11,14H2,1H3/b6-2+,7-3+. The van der Waals surface area contributed by atoms with Crippen LogP contribution < -0.4 is 14.2 Å². The Bertz CT molecular complexity index is 942. The minimum Gasteiger partial charge on any atom is -0.504 e. The molecule has 0 fully saturated rings. The smallest absolute Gasteiger partial charge is 0.163 e. The second-order valence-electron chi connectivity index (χ2n) is 6.11. The number of allylic oxidation sites excluding steroid dienone is 2. The molecule has 0 saturated carbocycles. The zero-order valence-electron chi connectivity index (χ0n) is 15.4. The first-order chi connectivity index (χ1) is 13.5. The molecule has 6 heteroatoms. The van der Waals surface area contributed by atoms with Gasteiger partial charge in [0.25, 0.3) is 0 Å².